The summed E-state index contributed by atoms with van der Waals surface area (Å²) in [7, 11) is 1.04. The van der Waals surface area contributed by atoms with E-state index in [1.807, 2.05) is 11.8 Å². The average Bonchev–Trinajstić information content (AvgIpc) is 3.12. The third kappa shape index (κ3) is 4.98. The number of thiazole rings is 1. The maximum atomic E-state index is 13.5. The normalized spacial score (nSPS) is 20.5. The van der Waals surface area contributed by atoms with Crippen LogP contribution in [0.1, 0.15) is 44.4 Å². The number of halogens is 4. The molecule has 2 aliphatic rings. The number of benzene rings is 1. The first kappa shape index (κ1) is 25.8. The summed E-state index contributed by atoms with van der Waals surface area (Å²) in [4.78, 5) is 30.4. The summed E-state index contributed by atoms with van der Waals surface area (Å²) in [6, 6.07) is 6.56. The molecule has 1 aromatic carbocycles. The van der Waals surface area contributed by atoms with Gasteiger partial charge in [0.2, 0.25) is 0 Å². The molecule has 2 aromatic heterocycles. The van der Waals surface area contributed by atoms with Crippen LogP contribution in [0, 0.1) is 18.7 Å². The summed E-state index contributed by atoms with van der Waals surface area (Å²) in [5.41, 5.74) is 6.69. The maximum Gasteiger partial charge on any atom is 0.433 e. The van der Waals surface area contributed by atoms with Crippen LogP contribution in [0.2, 0.25) is 0 Å². The van der Waals surface area contributed by atoms with Crippen molar-refractivity contribution in [2.24, 2.45) is 13.0 Å². The van der Waals surface area contributed by atoms with Crippen LogP contribution in [-0.2, 0) is 13.2 Å². The van der Waals surface area contributed by atoms with Crippen molar-refractivity contribution in [1.82, 2.24) is 19.7 Å². The van der Waals surface area contributed by atoms with Crippen molar-refractivity contribution < 1.29 is 32.3 Å². The van der Waals surface area contributed by atoms with E-state index in [0.29, 0.717) is 28.1 Å². The highest BCUT2D eigenvalue weighted by atomic mass is 32.1. The van der Waals surface area contributed by atoms with Gasteiger partial charge in [-0.2, -0.15) is 18.3 Å². The molecule has 36 heavy (non-hydrogen) atoms. The summed E-state index contributed by atoms with van der Waals surface area (Å²) in [6.45, 7) is 2.09. The number of fused-ring (bicyclic) bond motifs is 1. The summed E-state index contributed by atoms with van der Waals surface area (Å²) in [5, 5.41) is 12.4. The van der Waals surface area contributed by atoms with Crippen LogP contribution in [0.3, 0.4) is 0 Å². The predicted octanol–water partition coefficient (Wildman–Crippen LogP) is 5.05. The quantitative estimate of drug-likeness (QED) is 0.480. The SMILES string of the molecule is Cc1nc(C(=O)N2[C@H](C[NH-])C[C@@H]3C[C@@H]32)c(-c2cccc(F)c2)s1.Cn1ncc(C(=O)O)c1C(F)(F)F. The molecule has 1 saturated heterocycles. The minimum atomic E-state index is -4.70. The van der Waals surface area contributed by atoms with Gasteiger partial charge in [-0.1, -0.05) is 12.1 Å². The van der Waals surface area contributed by atoms with Crippen molar-refractivity contribution in [2.45, 2.75) is 38.0 Å². The Kier molecular flexibility index (Phi) is 6.88. The smallest absolute Gasteiger partial charge is 0.433 e. The van der Waals surface area contributed by atoms with Gasteiger partial charge >= 0.3 is 12.1 Å². The first-order valence-corrected chi connectivity index (χ1v) is 11.8. The highest BCUT2D eigenvalue weighted by Gasteiger charge is 2.53. The number of rotatable bonds is 4. The van der Waals surface area contributed by atoms with Gasteiger partial charge in [-0.15, -0.1) is 17.9 Å². The largest absolute Gasteiger partial charge is 0.676 e. The second-order valence-electron chi connectivity index (χ2n) is 8.62. The van der Waals surface area contributed by atoms with E-state index in [1.54, 1.807) is 12.1 Å². The molecule has 3 atom stereocenters. The van der Waals surface area contributed by atoms with E-state index in [-0.39, 0.29) is 30.4 Å². The molecule has 2 fully saturated rings. The zero-order valence-corrected chi connectivity index (χ0v) is 20.0. The van der Waals surface area contributed by atoms with Gasteiger partial charge in [0.05, 0.1) is 16.1 Å². The number of aromatic nitrogens is 3. The van der Waals surface area contributed by atoms with E-state index in [4.69, 9.17) is 10.8 Å². The second kappa shape index (κ2) is 9.62. The Labute approximate surface area is 207 Å². The lowest BCUT2D eigenvalue weighted by Crippen LogP contribution is -2.40. The average molecular weight is 525 g/mol. The minimum absolute atomic E-state index is 0.00591. The lowest BCUT2D eigenvalue weighted by Gasteiger charge is -2.29. The zero-order chi connectivity index (χ0) is 26.4. The molecular weight excluding hydrogens is 502 g/mol. The van der Waals surface area contributed by atoms with Gasteiger partial charge in [0.25, 0.3) is 5.91 Å². The maximum absolute atomic E-state index is 13.5. The molecule has 1 saturated carbocycles. The Bertz CT molecular complexity index is 1310. The number of carboxylic acids is 1. The Balaban J connectivity index is 0.000000200. The summed E-state index contributed by atoms with van der Waals surface area (Å²) in [6.07, 6.45) is -2.05. The van der Waals surface area contributed by atoms with Gasteiger partial charge in [-0.25, -0.2) is 14.2 Å². The van der Waals surface area contributed by atoms with Crippen LogP contribution < -0.4 is 0 Å². The summed E-state index contributed by atoms with van der Waals surface area (Å²) < 4.78 is 50.6. The molecule has 0 radical (unpaired) electrons. The standard InChI is InChI=1S/C17H17FN3OS.C6H5F3N2O2/c1-9-20-15(16(23-9)10-3-2-4-12(18)5-10)17(22)21-13(8-19)6-11-7-14(11)21;1-11-4(6(7,8)9)3(2-10-11)5(12)13/h2-5,11,13-14,19H,6-8H2,1H3;2H,1H3,(H,12,13)/q-1;/t11-,13+,14+;/m1./s1. The Morgan fingerprint density at radius 3 is 2.58 bits per heavy atom. The van der Waals surface area contributed by atoms with E-state index in [9.17, 15) is 27.2 Å². The number of carbonyl (C=O) groups is 2. The van der Waals surface area contributed by atoms with Crippen LogP contribution in [-0.4, -0.2) is 55.3 Å². The molecule has 1 amide bonds. The van der Waals surface area contributed by atoms with Gasteiger partial charge in [0.1, 0.15) is 17.1 Å². The van der Waals surface area contributed by atoms with Crippen LogP contribution in [0.4, 0.5) is 17.6 Å². The first-order valence-electron chi connectivity index (χ1n) is 11.0. The number of aryl methyl sites for hydroxylation is 2. The molecule has 1 aliphatic heterocycles. The number of hydrogen-bond donors (Lipinski definition) is 1. The Morgan fingerprint density at radius 1 is 1.28 bits per heavy atom. The molecule has 5 rings (SSSR count). The van der Waals surface area contributed by atoms with E-state index in [1.165, 1.54) is 23.5 Å². The van der Waals surface area contributed by atoms with Crippen LogP contribution in [0.25, 0.3) is 16.2 Å². The van der Waals surface area contributed by atoms with Crippen molar-refractivity contribution in [3.63, 3.8) is 0 Å². The topological polar surface area (TPSA) is 112 Å². The van der Waals surface area contributed by atoms with E-state index < -0.39 is 23.4 Å². The highest BCUT2D eigenvalue weighted by molar-refractivity contribution is 7.15. The van der Waals surface area contributed by atoms with Crippen LogP contribution in [0.15, 0.2) is 30.5 Å². The lowest BCUT2D eigenvalue weighted by atomic mass is 10.1. The number of likely N-dealkylation sites (tertiary alicyclic amines) is 1. The first-order chi connectivity index (χ1) is 16.9. The Hall–Kier alpha value is -3.32. The molecule has 3 aromatic rings. The molecular formula is C23H22F4N5O3S-. The fourth-order valence-corrected chi connectivity index (χ4v) is 5.41. The molecule has 3 heterocycles. The van der Waals surface area contributed by atoms with Crippen molar-refractivity contribution in [1.29, 1.82) is 0 Å². The second-order valence-corrected chi connectivity index (χ2v) is 9.83. The minimum Gasteiger partial charge on any atom is -0.676 e. The van der Waals surface area contributed by atoms with Crippen molar-refractivity contribution >= 4 is 23.2 Å². The predicted molar refractivity (Wildman–Crippen MR) is 123 cm³/mol. The monoisotopic (exact) mass is 524 g/mol. The fraction of sp³-hybridized carbons (Fsp3) is 0.391. The van der Waals surface area contributed by atoms with Crippen LogP contribution >= 0.6 is 11.3 Å². The zero-order valence-electron chi connectivity index (χ0n) is 19.2. The van der Waals surface area contributed by atoms with E-state index in [0.717, 1.165) is 29.8 Å². The van der Waals surface area contributed by atoms with Crippen molar-refractivity contribution in [3.8, 4) is 10.4 Å². The summed E-state index contributed by atoms with van der Waals surface area (Å²) >= 11 is 1.41. The Morgan fingerprint density at radius 2 is 2.00 bits per heavy atom. The van der Waals surface area contributed by atoms with Crippen LogP contribution in [0.5, 0.6) is 0 Å². The van der Waals surface area contributed by atoms with Crippen molar-refractivity contribution in [2.75, 3.05) is 6.54 Å². The third-order valence-corrected chi connectivity index (χ3v) is 7.16. The van der Waals surface area contributed by atoms with Crippen molar-refractivity contribution in [3.05, 3.63) is 64.0 Å². The summed E-state index contributed by atoms with van der Waals surface area (Å²) in [5.74, 6) is -1.50. The number of alkyl halides is 3. The lowest BCUT2D eigenvalue weighted by molar-refractivity contribution is -0.144. The highest BCUT2D eigenvalue weighted by Crippen LogP contribution is 2.49. The molecule has 13 heteroatoms. The number of piperidine rings is 1. The third-order valence-electron chi connectivity index (χ3n) is 6.14. The molecule has 192 valence electrons. The number of hydrogen-bond acceptors (Lipinski definition) is 5. The molecule has 1 aliphatic carbocycles. The molecule has 8 nitrogen and oxygen atoms in total. The number of carbonyl (C=O) groups excluding carboxylic acids is 1. The number of aromatic carboxylic acids is 1. The van der Waals surface area contributed by atoms with Gasteiger partial charge in [0, 0.05) is 19.1 Å². The fourth-order valence-electron chi connectivity index (χ4n) is 4.51. The molecule has 0 bridgehead atoms. The molecule has 2 N–H and O–H groups in total. The van der Waals surface area contributed by atoms with E-state index >= 15 is 0 Å². The van der Waals surface area contributed by atoms with Gasteiger partial charge < -0.3 is 15.7 Å². The molecule has 0 unspecified atom stereocenters. The number of nitrogens with one attached hydrogen (secondary N) is 1. The van der Waals surface area contributed by atoms with Gasteiger partial charge in [-0.05, 0) is 43.4 Å². The number of amides is 1. The van der Waals surface area contributed by atoms with Gasteiger partial charge in [0.15, 0.2) is 5.69 Å². The van der Waals surface area contributed by atoms with Gasteiger partial charge in [-0.3, -0.25) is 9.48 Å². The number of carboxylic acid groups (broad SMARTS) is 1. The number of nitrogens with zero attached hydrogens (tertiary/aromatic N) is 4. The molecule has 0 spiro atoms. The van der Waals surface area contributed by atoms with E-state index in [2.05, 4.69) is 10.1 Å².